The molecule has 1 aromatic carbocycles. The molecule has 0 fully saturated rings. The van der Waals surface area contributed by atoms with Crippen LogP contribution in [0.2, 0.25) is 0 Å². The van der Waals surface area contributed by atoms with Crippen LogP contribution in [0.25, 0.3) is 0 Å². The van der Waals surface area contributed by atoms with Gasteiger partial charge in [0.1, 0.15) is 5.75 Å². The highest BCUT2D eigenvalue weighted by molar-refractivity contribution is 7.89. The Morgan fingerprint density at radius 1 is 1.32 bits per heavy atom. The van der Waals surface area contributed by atoms with Gasteiger partial charge in [0.25, 0.3) is 0 Å². The van der Waals surface area contributed by atoms with Crippen molar-refractivity contribution in [1.82, 2.24) is 19.1 Å². The fourth-order valence-corrected chi connectivity index (χ4v) is 3.07. The molecule has 0 aliphatic heterocycles. The molecule has 1 heterocycles. The number of rotatable bonds is 6. The molecule has 0 radical (unpaired) electrons. The van der Waals surface area contributed by atoms with Crippen LogP contribution in [0.15, 0.2) is 34.0 Å². The molecule has 12 heteroatoms. The zero-order chi connectivity index (χ0) is 18.8. The second-order valence-corrected chi connectivity index (χ2v) is 6.73. The number of methoxy groups -OCH3 is 1. The monoisotopic (exact) mass is 380 g/mol. The summed E-state index contributed by atoms with van der Waals surface area (Å²) in [6, 6.07) is 5.66. The molecule has 25 heavy (non-hydrogen) atoms. The van der Waals surface area contributed by atoms with Gasteiger partial charge < -0.3 is 4.74 Å². The van der Waals surface area contributed by atoms with Crippen LogP contribution in [-0.2, 0) is 29.8 Å². The first-order chi connectivity index (χ1) is 11.6. The molecule has 138 valence electrons. The van der Waals surface area contributed by atoms with Crippen molar-refractivity contribution in [2.75, 3.05) is 13.7 Å². The van der Waals surface area contributed by atoms with E-state index in [9.17, 15) is 26.4 Å². The van der Waals surface area contributed by atoms with Gasteiger partial charge >= 0.3 is 11.9 Å². The highest BCUT2D eigenvalue weighted by atomic mass is 32.2. The first-order valence-corrected chi connectivity index (χ1v) is 8.39. The third-order valence-electron chi connectivity index (χ3n) is 3.26. The molecule has 0 amide bonds. The van der Waals surface area contributed by atoms with E-state index < -0.39 is 27.7 Å². The molecule has 0 atom stereocenters. The lowest BCUT2D eigenvalue weighted by Gasteiger charge is -2.08. The van der Waals surface area contributed by atoms with Gasteiger partial charge in [-0.15, -0.1) is 5.10 Å². The van der Waals surface area contributed by atoms with Gasteiger partial charge in [0, 0.05) is 19.7 Å². The van der Waals surface area contributed by atoms with E-state index in [1.54, 1.807) is 6.07 Å². The first-order valence-electron chi connectivity index (χ1n) is 6.91. The number of halogens is 3. The van der Waals surface area contributed by atoms with Crippen LogP contribution in [0.1, 0.15) is 5.82 Å². The molecular formula is C13H15F3N4O4S. The second kappa shape index (κ2) is 6.88. The summed E-state index contributed by atoms with van der Waals surface area (Å²) in [4.78, 5) is 11.6. The number of nitrogens with one attached hydrogen (secondary N) is 1. The quantitative estimate of drug-likeness (QED) is 0.791. The van der Waals surface area contributed by atoms with Gasteiger partial charge in [-0.25, -0.2) is 22.6 Å². The average Bonchev–Trinajstić information content (AvgIpc) is 2.83. The number of alkyl halides is 3. The van der Waals surface area contributed by atoms with Crippen molar-refractivity contribution < 1.29 is 26.3 Å². The van der Waals surface area contributed by atoms with E-state index in [1.165, 1.54) is 25.3 Å². The summed E-state index contributed by atoms with van der Waals surface area (Å²) in [6.07, 6.45) is -4.78. The Balaban J connectivity index is 2.11. The van der Waals surface area contributed by atoms with Crippen LogP contribution in [0.3, 0.4) is 0 Å². The third-order valence-corrected chi connectivity index (χ3v) is 4.72. The Hall–Kier alpha value is -2.34. The molecule has 0 saturated heterocycles. The SMILES string of the molecule is COc1cccc(S(=O)(=O)NCCn2nc(C(F)(F)F)n(C)c2=O)c1. The molecule has 0 aliphatic carbocycles. The summed E-state index contributed by atoms with van der Waals surface area (Å²) in [5.74, 6) is -1.02. The number of benzene rings is 1. The molecule has 0 unspecified atom stereocenters. The molecule has 8 nitrogen and oxygen atoms in total. The number of aromatic nitrogens is 3. The van der Waals surface area contributed by atoms with Gasteiger partial charge in [-0.3, -0.25) is 4.57 Å². The normalized spacial score (nSPS) is 12.4. The number of nitrogens with zero attached hydrogens (tertiary/aromatic N) is 3. The van der Waals surface area contributed by atoms with Crippen LogP contribution in [0.4, 0.5) is 13.2 Å². The van der Waals surface area contributed by atoms with Crippen molar-refractivity contribution in [3.63, 3.8) is 0 Å². The zero-order valence-corrected chi connectivity index (χ0v) is 14.1. The van der Waals surface area contributed by atoms with Crippen molar-refractivity contribution in [2.45, 2.75) is 17.6 Å². The topological polar surface area (TPSA) is 95.2 Å². The van der Waals surface area contributed by atoms with E-state index in [-0.39, 0.29) is 18.0 Å². The Morgan fingerprint density at radius 2 is 2.00 bits per heavy atom. The maximum atomic E-state index is 12.7. The molecule has 2 aromatic rings. The first kappa shape index (κ1) is 19.0. The number of hydrogen-bond donors (Lipinski definition) is 1. The predicted molar refractivity (Wildman–Crippen MR) is 80.7 cm³/mol. The van der Waals surface area contributed by atoms with Crippen LogP contribution < -0.4 is 15.1 Å². The van der Waals surface area contributed by atoms with Crippen molar-refractivity contribution in [1.29, 1.82) is 0 Å². The van der Waals surface area contributed by atoms with E-state index in [4.69, 9.17) is 4.74 Å². The lowest BCUT2D eigenvalue weighted by atomic mass is 10.3. The largest absolute Gasteiger partial charge is 0.497 e. The lowest BCUT2D eigenvalue weighted by molar-refractivity contribution is -0.147. The van der Waals surface area contributed by atoms with Crippen LogP contribution in [0, 0.1) is 0 Å². The minimum atomic E-state index is -4.78. The minimum Gasteiger partial charge on any atom is -0.497 e. The summed E-state index contributed by atoms with van der Waals surface area (Å²) in [7, 11) is -1.59. The van der Waals surface area contributed by atoms with Crippen molar-refractivity contribution in [3.8, 4) is 5.75 Å². The molecule has 2 rings (SSSR count). The van der Waals surface area contributed by atoms with Gasteiger partial charge in [-0.1, -0.05) is 6.07 Å². The molecule has 0 aliphatic rings. The standard InChI is InChI=1S/C13H15F3N4O4S/c1-19-11(13(14,15)16)18-20(12(19)21)7-6-17-25(22,23)10-5-3-4-9(8-10)24-2/h3-5,8,17H,6-7H2,1-2H3. The highest BCUT2D eigenvalue weighted by Crippen LogP contribution is 2.25. The fourth-order valence-electron chi connectivity index (χ4n) is 2.02. The fraction of sp³-hybridized carbons (Fsp3) is 0.385. The molecule has 0 spiro atoms. The van der Waals surface area contributed by atoms with E-state index in [2.05, 4.69) is 9.82 Å². The molecule has 0 bridgehead atoms. The van der Waals surface area contributed by atoms with Gasteiger partial charge in [0.15, 0.2) is 0 Å². The Kier molecular flexibility index (Phi) is 5.23. The average molecular weight is 380 g/mol. The maximum absolute atomic E-state index is 12.7. The second-order valence-electron chi connectivity index (χ2n) is 4.96. The van der Waals surface area contributed by atoms with Crippen molar-refractivity contribution in [2.24, 2.45) is 7.05 Å². The van der Waals surface area contributed by atoms with Crippen LogP contribution in [-0.4, -0.2) is 36.4 Å². The van der Waals surface area contributed by atoms with Gasteiger partial charge in [-0.05, 0) is 12.1 Å². The van der Waals surface area contributed by atoms with Crippen LogP contribution >= 0.6 is 0 Å². The summed E-state index contributed by atoms with van der Waals surface area (Å²) in [5, 5.41) is 3.19. The zero-order valence-electron chi connectivity index (χ0n) is 13.2. The van der Waals surface area contributed by atoms with E-state index in [0.717, 1.165) is 7.05 Å². The molecular weight excluding hydrogens is 365 g/mol. The predicted octanol–water partition coefficient (Wildman–Crippen LogP) is 0.588. The number of sulfonamides is 1. The summed E-state index contributed by atoms with van der Waals surface area (Å²) < 4.78 is 70.4. The number of ether oxygens (including phenoxy) is 1. The van der Waals surface area contributed by atoms with Gasteiger partial charge in [0.2, 0.25) is 15.8 Å². The Labute approximate surface area is 140 Å². The number of hydrogen-bond acceptors (Lipinski definition) is 5. The van der Waals surface area contributed by atoms with E-state index >= 15 is 0 Å². The highest BCUT2D eigenvalue weighted by Gasteiger charge is 2.37. The van der Waals surface area contributed by atoms with Crippen molar-refractivity contribution in [3.05, 3.63) is 40.6 Å². The Bertz CT molecular complexity index is 918. The maximum Gasteiger partial charge on any atom is 0.451 e. The molecule has 0 saturated carbocycles. The minimum absolute atomic E-state index is 0.0730. The Morgan fingerprint density at radius 3 is 2.56 bits per heavy atom. The smallest absolute Gasteiger partial charge is 0.451 e. The van der Waals surface area contributed by atoms with Crippen molar-refractivity contribution >= 4 is 10.0 Å². The van der Waals surface area contributed by atoms with E-state index in [1.807, 2.05) is 0 Å². The van der Waals surface area contributed by atoms with E-state index in [0.29, 0.717) is 15.0 Å². The summed E-state index contributed by atoms with van der Waals surface area (Å²) in [5.41, 5.74) is -0.993. The summed E-state index contributed by atoms with van der Waals surface area (Å²) >= 11 is 0. The molecule has 1 aromatic heterocycles. The lowest BCUT2D eigenvalue weighted by Crippen LogP contribution is -2.31. The van der Waals surface area contributed by atoms with Gasteiger partial charge in [0.05, 0.1) is 18.6 Å². The summed E-state index contributed by atoms with van der Waals surface area (Å²) in [6.45, 7) is -0.667. The van der Waals surface area contributed by atoms with Gasteiger partial charge in [-0.2, -0.15) is 13.2 Å². The third kappa shape index (κ3) is 4.20. The van der Waals surface area contributed by atoms with Crippen LogP contribution in [0.5, 0.6) is 5.75 Å². The molecule has 1 N–H and O–H groups in total.